The maximum atomic E-state index is 11.2. The van der Waals surface area contributed by atoms with Gasteiger partial charge in [0.05, 0.1) is 18.1 Å². The zero-order valence-corrected chi connectivity index (χ0v) is 14.3. The molecule has 0 saturated carbocycles. The van der Waals surface area contributed by atoms with Gasteiger partial charge in [-0.1, -0.05) is 0 Å². The van der Waals surface area contributed by atoms with Crippen molar-refractivity contribution in [3.8, 4) is 0 Å². The van der Waals surface area contributed by atoms with E-state index in [9.17, 15) is 8.42 Å². The van der Waals surface area contributed by atoms with Crippen LogP contribution in [-0.2, 0) is 14.8 Å². The molecule has 23 heavy (non-hydrogen) atoms. The lowest BCUT2D eigenvalue weighted by atomic mass is 10.3. The van der Waals surface area contributed by atoms with Crippen LogP contribution in [0.25, 0.3) is 0 Å². The number of benzene rings is 1. The van der Waals surface area contributed by atoms with Crippen LogP contribution in [0.4, 0.5) is 5.69 Å². The van der Waals surface area contributed by atoms with E-state index in [0.717, 1.165) is 39.4 Å². The van der Waals surface area contributed by atoms with Crippen molar-refractivity contribution in [3.63, 3.8) is 0 Å². The number of morpholine rings is 1. The van der Waals surface area contributed by atoms with Crippen LogP contribution in [-0.4, -0.2) is 57.8 Å². The quantitative estimate of drug-likeness (QED) is 0.305. The molecule has 1 aromatic carbocycles. The number of primary sulfonamides is 1. The minimum absolute atomic E-state index is 0.0607. The molecule has 1 saturated heterocycles. The lowest BCUT2D eigenvalue weighted by molar-refractivity contribution is 0.0382. The number of nitrogens with one attached hydrogen (secondary N) is 3. The molecule has 0 atom stereocenters. The van der Waals surface area contributed by atoms with Crippen LogP contribution in [0.1, 0.15) is 0 Å². The van der Waals surface area contributed by atoms with E-state index in [4.69, 9.17) is 22.1 Å². The number of thiocarbonyl (C=S) groups is 1. The smallest absolute Gasteiger partial charge is 0.238 e. The van der Waals surface area contributed by atoms with Crippen LogP contribution >= 0.6 is 12.2 Å². The average molecular weight is 359 g/mol. The Morgan fingerprint density at radius 3 is 2.52 bits per heavy atom. The Kier molecular flexibility index (Phi) is 6.69. The van der Waals surface area contributed by atoms with Crippen LogP contribution in [0.2, 0.25) is 0 Å². The summed E-state index contributed by atoms with van der Waals surface area (Å²) in [5.74, 6) is 0. The fraction of sp³-hybridized carbons (Fsp3) is 0.462. The Balaban J connectivity index is 1.68. The third-order valence-electron chi connectivity index (χ3n) is 3.30. The van der Waals surface area contributed by atoms with Crippen molar-refractivity contribution in [2.24, 2.45) is 5.14 Å². The first-order valence-electron chi connectivity index (χ1n) is 7.18. The van der Waals surface area contributed by atoms with E-state index in [1.54, 1.807) is 12.1 Å². The zero-order chi connectivity index (χ0) is 16.7. The Hall–Kier alpha value is -1.30. The van der Waals surface area contributed by atoms with E-state index in [1.165, 1.54) is 12.1 Å². The second-order valence-corrected chi connectivity index (χ2v) is 7.00. The van der Waals surface area contributed by atoms with Gasteiger partial charge < -0.3 is 10.1 Å². The topological polar surface area (TPSA) is 109 Å². The molecule has 0 aromatic heterocycles. The summed E-state index contributed by atoms with van der Waals surface area (Å²) >= 11 is 5.15. The van der Waals surface area contributed by atoms with E-state index in [2.05, 4.69) is 21.1 Å². The van der Waals surface area contributed by atoms with Gasteiger partial charge in [-0.15, -0.1) is 0 Å². The molecular weight excluding hydrogens is 338 g/mol. The maximum Gasteiger partial charge on any atom is 0.238 e. The largest absolute Gasteiger partial charge is 0.379 e. The third-order valence-corrected chi connectivity index (χ3v) is 4.43. The first kappa shape index (κ1) is 18.0. The van der Waals surface area contributed by atoms with E-state index >= 15 is 0 Å². The van der Waals surface area contributed by atoms with E-state index in [0.29, 0.717) is 10.8 Å². The van der Waals surface area contributed by atoms with Gasteiger partial charge >= 0.3 is 0 Å². The summed E-state index contributed by atoms with van der Waals surface area (Å²) in [5, 5.41) is 8.39. The Morgan fingerprint density at radius 1 is 1.26 bits per heavy atom. The standard InChI is InChI=1S/C13H21N5O3S2/c14-23(19,20)12-3-1-11(2-4-12)16-13(22)17-15-5-6-18-7-9-21-10-8-18/h1-4,15H,5-10H2,(H2,14,19,20)(H2,16,17,22). The highest BCUT2D eigenvalue weighted by molar-refractivity contribution is 7.89. The summed E-state index contributed by atoms with van der Waals surface area (Å²) in [6.07, 6.45) is 0. The van der Waals surface area contributed by atoms with Gasteiger partial charge in [0.2, 0.25) is 10.0 Å². The van der Waals surface area contributed by atoms with Gasteiger partial charge in [0.15, 0.2) is 5.11 Å². The van der Waals surface area contributed by atoms with Crippen molar-refractivity contribution < 1.29 is 13.2 Å². The van der Waals surface area contributed by atoms with E-state index < -0.39 is 10.0 Å². The van der Waals surface area contributed by atoms with Crippen LogP contribution in [0, 0.1) is 0 Å². The summed E-state index contributed by atoms with van der Waals surface area (Å²) < 4.78 is 27.6. The van der Waals surface area contributed by atoms with Crippen molar-refractivity contribution >= 4 is 33.0 Å². The second-order valence-electron chi connectivity index (χ2n) is 5.03. The van der Waals surface area contributed by atoms with Crippen molar-refractivity contribution in [1.29, 1.82) is 0 Å². The molecular formula is C13H21N5O3S2. The predicted octanol–water partition coefficient (Wildman–Crippen LogP) is -0.543. The Labute approximate surface area is 141 Å². The Bertz CT molecular complexity index is 615. The summed E-state index contributed by atoms with van der Waals surface area (Å²) in [6, 6.07) is 6.04. The molecule has 1 aliphatic rings. The number of nitrogens with two attached hydrogens (primary N) is 1. The minimum atomic E-state index is -3.68. The molecule has 1 aliphatic heterocycles. The molecule has 5 N–H and O–H groups in total. The van der Waals surface area contributed by atoms with E-state index in [1.807, 2.05) is 0 Å². The number of nitrogens with zero attached hydrogens (tertiary/aromatic N) is 1. The lowest BCUT2D eigenvalue weighted by Gasteiger charge is -2.26. The van der Waals surface area contributed by atoms with Gasteiger partial charge in [-0.05, 0) is 36.5 Å². The lowest BCUT2D eigenvalue weighted by Crippen LogP contribution is -2.46. The van der Waals surface area contributed by atoms with Crippen LogP contribution in [0.15, 0.2) is 29.2 Å². The molecule has 10 heteroatoms. The summed E-state index contributed by atoms with van der Waals surface area (Å²) in [4.78, 5) is 2.37. The summed E-state index contributed by atoms with van der Waals surface area (Å²) in [6.45, 7) is 5.10. The first-order chi connectivity index (χ1) is 10.9. The molecule has 0 unspecified atom stereocenters. The molecule has 8 nitrogen and oxygen atoms in total. The second kappa shape index (κ2) is 8.52. The highest BCUT2D eigenvalue weighted by Gasteiger charge is 2.09. The average Bonchev–Trinajstić information content (AvgIpc) is 2.52. The van der Waals surface area contributed by atoms with Gasteiger partial charge in [0.25, 0.3) is 0 Å². The predicted molar refractivity (Wildman–Crippen MR) is 92.4 cm³/mol. The maximum absolute atomic E-state index is 11.2. The molecule has 1 fully saturated rings. The van der Waals surface area contributed by atoms with E-state index in [-0.39, 0.29) is 4.90 Å². The van der Waals surface area contributed by atoms with Crippen molar-refractivity contribution in [3.05, 3.63) is 24.3 Å². The fourth-order valence-electron chi connectivity index (χ4n) is 2.07. The number of hydrogen-bond acceptors (Lipinski definition) is 6. The highest BCUT2D eigenvalue weighted by Crippen LogP contribution is 2.12. The molecule has 2 rings (SSSR count). The van der Waals surface area contributed by atoms with Gasteiger partial charge in [-0.2, -0.15) is 0 Å². The number of sulfonamides is 1. The molecule has 1 aromatic rings. The number of rotatable bonds is 6. The van der Waals surface area contributed by atoms with Crippen molar-refractivity contribution in [1.82, 2.24) is 15.8 Å². The van der Waals surface area contributed by atoms with Crippen LogP contribution in [0.3, 0.4) is 0 Å². The van der Waals surface area contributed by atoms with Crippen LogP contribution in [0.5, 0.6) is 0 Å². The van der Waals surface area contributed by atoms with Gasteiger partial charge in [0.1, 0.15) is 0 Å². The molecule has 0 aliphatic carbocycles. The number of ether oxygens (including phenoxy) is 1. The van der Waals surface area contributed by atoms with Gasteiger partial charge in [-0.3, -0.25) is 10.3 Å². The molecule has 0 amide bonds. The van der Waals surface area contributed by atoms with Gasteiger partial charge in [-0.25, -0.2) is 19.0 Å². The summed E-state index contributed by atoms with van der Waals surface area (Å²) in [5.41, 5.74) is 6.59. The highest BCUT2D eigenvalue weighted by atomic mass is 32.2. The fourth-order valence-corrected chi connectivity index (χ4v) is 2.78. The molecule has 0 spiro atoms. The summed E-state index contributed by atoms with van der Waals surface area (Å²) in [7, 11) is -3.68. The molecule has 0 bridgehead atoms. The SMILES string of the molecule is NS(=O)(=O)c1ccc(NC(=S)NNCCN2CCOCC2)cc1. The van der Waals surface area contributed by atoms with Crippen molar-refractivity contribution in [2.75, 3.05) is 44.7 Å². The van der Waals surface area contributed by atoms with Crippen LogP contribution < -0.4 is 21.3 Å². The Morgan fingerprint density at radius 2 is 1.91 bits per heavy atom. The molecule has 128 valence electrons. The zero-order valence-electron chi connectivity index (χ0n) is 12.6. The number of hydrogen-bond donors (Lipinski definition) is 4. The normalized spacial score (nSPS) is 16.0. The first-order valence-corrected chi connectivity index (χ1v) is 9.13. The molecule has 1 heterocycles. The molecule has 0 radical (unpaired) electrons. The number of hydrazine groups is 1. The van der Waals surface area contributed by atoms with Gasteiger partial charge in [0, 0.05) is 31.9 Å². The number of anilines is 1. The van der Waals surface area contributed by atoms with Crippen molar-refractivity contribution in [2.45, 2.75) is 4.90 Å². The minimum Gasteiger partial charge on any atom is -0.379 e. The third kappa shape index (κ3) is 6.37. The monoisotopic (exact) mass is 359 g/mol.